The number of benzene rings is 1. The van der Waals surface area contributed by atoms with E-state index in [9.17, 15) is 29.6 Å². The summed E-state index contributed by atoms with van der Waals surface area (Å²) in [7, 11) is 0. The molecule has 4 rings (SSSR count). The monoisotopic (exact) mass is 443 g/mol. The molecule has 5 atom stereocenters. The second-order valence-electron chi connectivity index (χ2n) is 7.91. The third-order valence-electron chi connectivity index (χ3n) is 6.49. The van der Waals surface area contributed by atoms with Gasteiger partial charge in [-0.05, 0) is 23.4 Å². The van der Waals surface area contributed by atoms with Crippen molar-refractivity contribution in [1.82, 2.24) is 5.32 Å². The van der Waals surface area contributed by atoms with E-state index in [1.54, 1.807) is 13.0 Å². The van der Waals surface area contributed by atoms with Crippen molar-refractivity contribution in [2.75, 3.05) is 4.90 Å². The Morgan fingerprint density at radius 1 is 1.32 bits per heavy atom. The summed E-state index contributed by atoms with van der Waals surface area (Å²) in [6, 6.07) is 8.25. The molecule has 0 radical (unpaired) electrons. The van der Waals surface area contributed by atoms with Crippen molar-refractivity contribution in [1.29, 1.82) is 0 Å². The number of fused-ring (bicyclic) bond motifs is 1. The van der Waals surface area contributed by atoms with Crippen LogP contribution in [0.2, 0.25) is 0 Å². The number of hydrogen-bond acceptors (Lipinski definition) is 7. The number of carboxylic acid groups (broad SMARTS) is 1. The zero-order chi connectivity index (χ0) is 22.5. The number of thiophene rings is 1. The van der Waals surface area contributed by atoms with Crippen LogP contribution in [0.15, 0.2) is 41.8 Å². The van der Waals surface area contributed by atoms with Crippen molar-refractivity contribution < 1.29 is 24.4 Å². The smallest absolute Gasteiger partial charge is 0.325 e. The quantitative estimate of drug-likeness (QED) is 0.399. The van der Waals surface area contributed by atoms with Gasteiger partial charge in [0.1, 0.15) is 5.54 Å². The van der Waals surface area contributed by atoms with Gasteiger partial charge < -0.3 is 5.11 Å². The third-order valence-corrected chi connectivity index (χ3v) is 7.44. The van der Waals surface area contributed by atoms with Crippen molar-refractivity contribution in [3.05, 3.63) is 56.8 Å². The summed E-state index contributed by atoms with van der Waals surface area (Å²) < 4.78 is 0. The van der Waals surface area contributed by atoms with Gasteiger partial charge in [-0.3, -0.25) is 29.8 Å². The molecule has 2 saturated heterocycles. The lowest BCUT2D eigenvalue weighted by molar-refractivity contribution is -0.384. The Bertz CT molecular complexity index is 1070. The van der Waals surface area contributed by atoms with Crippen LogP contribution >= 0.6 is 11.3 Å². The molecule has 2 aromatic rings. The molecule has 2 amide bonds. The van der Waals surface area contributed by atoms with Crippen LogP contribution in [0, 0.1) is 27.9 Å². The highest BCUT2D eigenvalue weighted by Crippen LogP contribution is 2.53. The van der Waals surface area contributed by atoms with Crippen LogP contribution in [-0.2, 0) is 14.4 Å². The first-order chi connectivity index (χ1) is 14.7. The van der Waals surface area contributed by atoms with Crippen molar-refractivity contribution in [3.63, 3.8) is 0 Å². The largest absolute Gasteiger partial charge is 0.480 e. The van der Waals surface area contributed by atoms with E-state index >= 15 is 0 Å². The lowest BCUT2D eigenvalue weighted by Gasteiger charge is -2.35. The van der Waals surface area contributed by atoms with Crippen molar-refractivity contribution in [3.8, 4) is 0 Å². The SMILES string of the molecule is CCC(C)C1(C(=O)O)NC(c2cccs2)C2C(=O)N(c3cccc([N+](=O)[O-])c3)C(=O)C21. The normalized spacial score (nSPS) is 28.6. The number of carbonyl (C=O) groups is 3. The fourth-order valence-electron chi connectivity index (χ4n) is 4.84. The van der Waals surface area contributed by atoms with Crippen molar-refractivity contribution in [2.45, 2.75) is 31.8 Å². The Kier molecular flexibility index (Phi) is 5.14. The second-order valence-corrected chi connectivity index (χ2v) is 8.89. The van der Waals surface area contributed by atoms with Gasteiger partial charge in [-0.1, -0.05) is 32.4 Å². The first kappa shape index (κ1) is 21.1. The number of anilines is 1. The number of nitrogens with zero attached hydrogens (tertiary/aromatic N) is 2. The molecule has 31 heavy (non-hydrogen) atoms. The van der Waals surface area contributed by atoms with E-state index in [1.807, 2.05) is 18.4 Å². The highest BCUT2D eigenvalue weighted by atomic mass is 32.1. The maximum atomic E-state index is 13.6. The Morgan fingerprint density at radius 2 is 2.06 bits per heavy atom. The number of nitro benzene ring substituents is 1. The zero-order valence-electron chi connectivity index (χ0n) is 16.8. The van der Waals surface area contributed by atoms with Gasteiger partial charge in [-0.25, -0.2) is 4.90 Å². The van der Waals surface area contributed by atoms with Crippen molar-refractivity contribution >= 4 is 40.5 Å². The molecule has 1 aromatic carbocycles. The van der Waals surface area contributed by atoms with E-state index in [4.69, 9.17) is 0 Å². The topological polar surface area (TPSA) is 130 Å². The minimum absolute atomic E-state index is 0.0759. The number of rotatable bonds is 6. The highest BCUT2D eigenvalue weighted by Gasteiger charge is 2.70. The van der Waals surface area contributed by atoms with Gasteiger partial charge in [0.25, 0.3) is 5.69 Å². The number of nitro groups is 1. The maximum absolute atomic E-state index is 13.6. The summed E-state index contributed by atoms with van der Waals surface area (Å²) in [5.41, 5.74) is -1.81. The maximum Gasteiger partial charge on any atom is 0.325 e. The van der Waals surface area contributed by atoms with E-state index < -0.39 is 52.0 Å². The molecule has 2 fully saturated rings. The van der Waals surface area contributed by atoms with Crippen LogP contribution in [0.1, 0.15) is 31.2 Å². The van der Waals surface area contributed by atoms with Crippen LogP contribution < -0.4 is 10.2 Å². The van der Waals surface area contributed by atoms with E-state index in [-0.39, 0.29) is 11.4 Å². The van der Waals surface area contributed by atoms with Crippen LogP contribution in [0.5, 0.6) is 0 Å². The number of aliphatic carboxylic acids is 1. The Hall–Kier alpha value is -3.11. The van der Waals surface area contributed by atoms with E-state index in [2.05, 4.69) is 5.32 Å². The van der Waals surface area contributed by atoms with Crippen LogP contribution in [-0.4, -0.2) is 33.4 Å². The predicted octanol–water partition coefficient (Wildman–Crippen LogP) is 2.98. The molecule has 1 aromatic heterocycles. The average Bonchev–Trinajstić information content (AvgIpc) is 3.44. The minimum Gasteiger partial charge on any atom is -0.480 e. The third kappa shape index (κ3) is 2.97. The summed E-state index contributed by atoms with van der Waals surface area (Å²) in [4.78, 5) is 51.9. The lowest BCUT2D eigenvalue weighted by atomic mass is 9.72. The van der Waals surface area contributed by atoms with Crippen LogP contribution in [0.4, 0.5) is 11.4 Å². The number of non-ortho nitro benzene ring substituents is 1. The lowest BCUT2D eigenvalue weighted by Crippen LogP contribution is -2.59. The Balaban J connectivity index is 1.87. The molecule has 2 N–H and O–H groups in total. The number of carboxylic acids is 1. The van der Waals surface area contributed by atoms with Gasteiger partial charge in [-0.15, -0.1) is 11.3 Å². The molecule has 0 saturated carbocycles. The summed E-state index contributed by atoms with van der Waals surface area (Å²) in [6.07, 6.45) is 0.484. The summed E-state index contributed by atoms with van der Waals surface area (Å²) in [5, 5.41) is 26.4. The average molecular weight is 443 g/mol. The fraction of sp³-hybridized carbons (Fsp3) is 0.381. The van der Waals surface area contributed by atoms with E-state index in [0.717, 1.165) is 15.8 Å². The molecule has 10 heteroatoms. The first-order valence-corrected chi connectivity index (χ1v) is 10.8. The van der Waals surface area contributed by atoms with Gasteiger partial charge >= 0.3 is 5.97 Å². The van der Waals surface area contributed by atoms with Gasteiger partial charge in [0.15, 0.2) is 0 Å². The Morgan fingerprint density at radius 3 is 2.65 bits per heavy atom. The molecule has 5 unspecified atom stereocenters. The molecule has 162 valence electrons. The summed E-state index contributed by atoms with van der Waals surface area (Å²) in [5.74, 6) is -4.87. The molecular weight excluding hydrogens is 422 g/mol. The fourth-order valence-corrected chi connectivity index (χ4v) is 5.66. The molecule has 0 aliphatic carbocycles. The molecule has 0 spiro atoms. The van der Waals surface area contributed by atoms with Gasteiger partial charge in [0, 0.05) is 17.0 Å². The molecule has 3 heterocycles. The molecule has 2 aliphatic rings. The van der Waals surface area contributed by atoms with Gasteiger partial charge in [0.05, 0.1) is 28.5 Å². The van der Waals surface area contributed by atoms with Crippen molar-refractivity contribution in [2.24, 2.45) is 17.8 Å². The molecular formula is C21H21N3O6S. The Labute approximate surface area is 181 Å². The second kappa shape index (κ2) is 7.54. The first-order valence-electron chi connectivity index (χ1n) is 9.90. The summed E-state index contributed by atoms with van der Waals surface area (Å²) >= 11 is 1.38. The molecule has 2 aliphatic heterocycles. The number of carbonyl (C=O) groups excluding carboxylic acids is 2. The minimum atomic E-state index is -1.63. The van der Waals surface area contributed by atoms with Crippen LogP contribution in [0.3, 0.4) is 0 Å². The van der Waals surface area contributed by atoms with E-state index in [1.165, 1.54) is 29.5 Å². The highest BCUT2D eigenvalue weighted by molar-refractivity contribution is 7.10. The van der Waals surface area contributed by atoms with Crippen LogP contribution in [0.25, 0.3) is 0 Å². The number of imide groups is 1. The number of amides is 2. The number of hydrogen-bond donors (Lipinski definition) is 2. The molecule has 9 nitrogen and oxygen atoms in total. The van der Waals surface area contributed by atoms with E-state index in [0.29, 0.717) is 6.42 Å². The number of nitrogens with one attached hydrogen (secondary N) is 1. The van der Waals surface area contributed by atoms with Gasteiger partial charge in [-0.2, -0.15) is 0 Å². The standard InChI is InChI=1S/C21H21N3O6S/c1-3-11(2)21(20(27)28)16-15(17(22-21)14-8-5-9-31-14)18(25)23(19(16)26)12-6-4-7-13(10-12)24(29)30/h4-11,15-17,22H,3H2,1-2H3,(H,27,28). The summed E-state index contributed by atoms with van der Waals surface area (Å²) in [6.45, 7) is 3.59. The van der Waals surface area contributed by atoms with Gasteiger partial charge in [0.2, 0.25) is 11.8 Å². The molecule has 0 bridgehead atoms. The zero-order valence-corrected chi connectivity index (χ0v) is 17.7. The predicted molar refractivity (Wildman–Crippen MR) is 113 cm³/mol.